The van der Waals surface area contributed by atoms with E-state index in [1.807, 2.05) is 0 Å². The molecule has 4 aromatic rings. The van der Waals surface area contributed by atoms with Crippen LogP contribution in [0, 0.1) is 5.41 Å². The third-order valence-electron chi connectivity index (χ3n) is 7.14. The van der Waals surface area contributed by atoms with Crippen molar-refractivity contribution in [2.75, 3.05) is 5.75 Å². The maximum Gasteiger partial charge on any atom is 0.00753 e. The summed E-state index contributed by atoms with van der Waals surface area (Å²) in [7, 11) is -0.581. The van der Waals surface area contributed by atoms with E-state index in [4.69, 9.17) is 0 Å². The fourth-order valence-electron chi connectivity index (χ4n) is 5.11. The van der Waals surface area contributed by atoms with E-state index in [2.05, 4.69) is 169 Å². The first kappa shape index (κ1) is 28.7. The summed E-state index contributed by atoms with van der Waals surface area (Å²) >= 11 is 2.09. The molecular formula is C36H43PS. The molecule has 0 aliphatic carbocycles. The van der Waals surface area contributed by atoms with Crippen molar-refractivity contribution in [3.05, 3.63) is 126 Å². The molecule has 0 aromatic heterocycles. The molecule has 2 heteroatoms. The Balaban J connectivity index is 1.68. The van der Waals surface area contributed by atoms with Crippen molar-refractivity contribution in [1.29, 1.82) is 0 Å². The average Bonchev–Trinajstić information content (AvgIpc) is 2.90. The molecule has 4 aromatic carbocycles. The lowest BCUT2D eigenvalue weighted by atomic mass is 9.71. The average molecular weight is 539 g/mol. The lowest BCUT2D eigenvalue weighted by molar-refractivity contribution is 0.294. The lowest BCUT2D eigenvalue weighted by Crippen LogP contribution is -2.23. The molecule has 0 radical (unpaired) electrons. The largest absolute Gasteiger partial charge is 0.155 e. The monoisotopic (exact) mass is 538 g/mol. The molecule has 4 rings (SSSR count). The zero-order valence-corrected chi connectivity index (χ0v) is 25.6. The summed E-state index contributed by atoms with van der Waals surface area (Å²) in [5, 5.41) is 4.22. The third-order valence-corrected chi connectivity index (χ3v) is 11.0. The van der Waals surface area contributed by atoms with E-state index in [1.54, 1.807) is 0 Å². The van der Waals surface area contributed by atoms with Gasteiger partial charge in [-0.3, -0.25) is 0 Å². The second-order valence-corrected chi connectivity index (χ2v) is 16.4. The molecule has 0 N–H and O–H groups in total. The van der Waals surface area contributed by atoms with Crippen LogP contribution in [0.2, 0.25) is 0 Å². The van der Waals surface area contributed by atoms with Gasteiger partial charge in [-0.2, -0.15) is 11.8 Å². The quantitative estimate of drug-likeness (QED) is 0.191. The van der Waals surface area contributed by atoms with Crippen LogP contribution < -0.4 is 15.9 Å². The van der Waals surface area contributed by atoms with Crippen molar-refractivity contribution < 1.29 is 0 Å². The first-order chi connectivity index (χ1) is 18.1. The second-order valence-electron chi connectivity index (χ2n) is 12.3. The highest BCUT2D eigenvalue weighted by Gasteiger charge is 2.30. The molecule has 0 saturated carbocycles. The molecule has 0 bridgehead atoms. The maximum atomic E-state index is 2.43. The fourth-order valence-corrected chi connectivity index (χ4v) is 8.42. The van der Waals surface area contributed by atoms with Gasteiger partial charge in [0.2, 0.25) is 0 Å². The van der Waals surface area contributed by atoms with Crippen LogP contribution in [0.25, 0.3) is 0 Å². The highest BCUT2D eigenvalue weighted by molar-refractivity contribution is 8.00. The predicted molar refractivity (Wildman–Crippen MR) is 173 cm³/mol. The molecule has 2 unspecified atom stereocenters. The highest BCUT2D eigenvalue weighted by atomic mass is 32.2. The second kappa shape index (κ2) is 12.7. The van der Waals surface area contributed by atoms with Crippen LogP contribution in [0.15, 0.2) is 115 Å². The summed E-state index contributed by atoms with van der Waals surface area (Å²) < 4.78 is 0.247. The van der Waals surface area contributed by atoms with Crippen LogP contribution in [0.1, 0.15) is 70.9 Å². The van der Waals surface area contributed by atoms with Gasteiger partial charge in [-0.25, -0.2) is 0 Å². The summed E-state index contributed by atoms with van der Waals surface area (Å²) in [5.41, 5.74) is 3.12. The van der Waals surface area contributed by atoms with Crippen LogP contribution in [-0.4, -0.2) is 10.5 Å². The third kappa shape index (κ3) is 7.84. The van der Waals surface area contributed by atoms with Crippen molar-refractivity contribution >= 4 is 35.6 Å². The maximum absolute atomic E-state index is 2.43. The van der Waals surface area contributed by atoms with Crippen LogP contribution in [0.5, 0.6) is 0 Å². The van der Waals surface area contributed by atoms with Gasteiger partial charge in [-0.15, -0.1) is 0 Å². The minimum Gasteiger partial charge on any atom is -0.155 e. The van der Waals surface area contributed by atoms with Gasteiger partial charge in [0.25, 0.3) is 0 Å². The van der Waals surface area contributed by atoms with E-state index in [9.17, 15) is 0 Å². The summed E-state index contributed by atoms with van der Waals surface area (Å²) in [4.78, 5) is 0. The standard InChI is InChI=1S/C36H43PS/c1-35(2,3)34(29-16-10-7-11-17-29)26-30(27-38-36(4,5)6)28-22-24-33(25-23-28)37(31-18-12-8-13-19-31)32-20-14-9-15-21-32/h7-25,30,34H,26-27H2,1-6H3. The molecule has 0 aliphatic rings. The van der Waals surface area contributed by atoms with Crippen molar-refractivity contribution in [3.63, 3.8) is 0 Å². The van der Waals surface area contributed by atoms with Crippen LogP contribution in [0.4, 0.5) is 0 Å². The van der Waals surface area contributed by atoms with E-state index >= 15 is 0 Å². The van der Waals surface area contributed by atoms with Gasteiger partial charge in [0.05, 0.1) is 0 Å². The molecule has 0 heterocycles. The molecule has 0 fully saturated rings. The Morgan fingerprint density at radius 3 is 1.45 bits per heavy atom. The zero-order valence-electron chi connectivity index (χ0n) is 23.9. The van der Waals surface area contributed by atoms with Gasteiger partial charge >= 0.3 is 0 Å². The molecule has 38 heavy (non-hydrogen) atoms. The van der Waals surface area contributed by atoms with Gasteiger partial charge in [0.15, 0.2) is 0 Å². The molecule has 0 nitrogen and oxygen atoms in total. The number of benzene rings is 4. The topological polar surface area (TPSA) is 0 Å². The Hall–Kier alpha value is -2.34. The van der Waals surface area contributed by atoms with Gasteiger partial charge in [0.1, 0.15) is 0 Å². The molecule has 2 atom stereocenters. The Morgan fingerprint density at radius 1 is 0.553 bits per heavy atom. The molecule has 0 amide bonds. The Labute approximate surface area is 237 Å². The fraction of sp³-hybridized carbons (Fsp3) is 0.333. The van der Waals surface area contributed by atoms with Gasteiger partial charge in [-0.1, -0.05) is 157 Å². The van der Waals surface area contributed by atoms with Crippen LogP contribution in [0.3, 0.4) is 0 Å². The molecule has 0 saturated heterocycles. The minimum absolute atomic E-state index is 0.195. The summed E-state index contributed by atoms with van der Waals surface area (Å²) in [6, 6.07) is 42.8. The van der Waals surface area contributed by atoms with Gasteiger partial charge in [0, 0.05) is 10.5 Å². The number of thioether (sulfide) groups is 1. The van der Waals surface area contributed by atoms with E-state index in [0.717, 1.165) is 12.2 Å². The Bertz CT molecular complexity index is 1200. The minimum atomic E-state index is -0.581. The summed E-state index contributed by atoms with van der Waals surface area (Å²) in [6.07, 6.45) is 1.15. The summed E-state index contributed by atoms with van der Waals surface area (Å²) in [6.45, 7) is 14.2. The first-order valence-corrected chi connectivity index (χ1v) is 16.1. The highest BCUT2D eigenvalue weighted by Crippen LogP contribution is 2.44. The van der Waals surface area contributed by atoms with Crippen molar-refractivity contribution in [3.8, 4) is 0 Å². The Kier molecular flexibility index (Phi) is 9.56. The zero-order chi connectivity index (χ0) is 27.2. The summed E-state index contributed by atoms with van der Waals surface area (Å²) in [5.74, 6) is 2.13. The van der Waals surface area contributed by atoms with Gasteiger partial charge in [-0.05, 0) is 58.6 Å². The SMILES string of the molecule is CC(C)(C)SCC(CC(c1ccccc1)C(C)(C)C)c1ccc(P(c2ccccc2)c2ccccc2)cc1. The van der Waals surface area contributed by atoms with Crippen molar-refractivity contribution in [2.24, 2.45) is 5.41 Å². The van der Waals surface area contributed by atoms with E-state index in [0.29, 0.717) is 11.8 Å². The smallest absolute Gasteiger partial charge is 0.00753 e. The van der Waals surface area contributed by atoms with E-state index in [-0.39, 0.29) is 10.2 Å². The van der Waals surface area contributed by atoms with E-state index < -0.39 is 7.92 Å². The Morgan fingerprint density at radius 2 is 1.00 bits per heavy atom. The van der Waals surface area contributed by atoms with Crippen LogP contribution >= 0.6 is 19.7 Å². The molecule has 0 aliphatic heterocycles. The van der Waals surface area contributed by atoms with Crippen molar-refractivity contribution in [1.82, 2.24) is 0 Å². The number of hydrogen-bond donors (Lipinski definition) is 0. The lowest BCUT2D eigenvalue weighted by Gasteiger charge is -2.35. The normalized spacial score (nSPS) is 13.9. The van der Waals surface area contributed by atoms with Crippen LogP contribution in [-0.2, 0) is 0 Å². The first-order valence-electron chi connectivity index (χ1n) is 13.8. The van der Waals surface area contributed by atoms with Crippen molar-refractivity contribution in [2.45, 2.75) is 64.5 Å². The molecular weight excluding hydrogens is 495 g/mol. The predicted octanol–water partition coefficient (Wildman–Crippen LogP) is 9.28. The van der Waals surface area contributed by atoms with E-state index in [1.165, 1.54) is 27.0 Å². The van der Waals surface area contributed by atoms with Gasteiger partial charge < -0.3 is 0 Å². The molecule has 0 spiro atoms. The number of rotatable bonds is 9. The molecule has 198 valence electrons. The number of hydrogen-bond acceptors (Lipinski definition) is 1.